The number of halogens is 1. The number of hydrogen-bond donors (Lipinski definition) is 2. The van der Waals surface area contributed by atoms with Gasteiger partial charge in [0.15, 0.2) is 5.96 Å². The van der Waals surface area contributed by atoms with E-state index in [0.717, 1.165) is 28.9 Å². The molecule has 1 heterocycles. The van der Waals surface area contributed by atoms with Crippen LogP contribution >= 0.6 is 35.7 Å². The van der Waals surface area contributed by atoms with Gasteiger partial charge in [-0.25, -0.2) is 9.98 Å². The summed E-state index contributed by atoms with van der Waals surface area (Å²) in [5.74, 6) is 1.52. The monoisotopic (exact) mass is 526 g/mol. The largest absolute Gasteiger partial charge is 0.473 e. The zero-order valence-electron chi connectivity index (χ0n) is 17.1. The number of rotatable bonds is 8. The molecule has 0 saturated heterocycles. The molecule has 1 saturated carbocycles. The summed E-state index contributed by atoms with van der Waals surface area (Å²) in [5, 5.41) is 7.71. The van der Waals surface area contributed by atoms with E-state index in [9.17, 15) is 0 Å². The molecule has 1 aliphatic rings. The van der Waals surface area contributed by atoms with Crippen LogP contribution in [0.1, 0.15) is 37.3 Å². The Kier molecular flexibility index (Phi) is 10.6. The lowest BCUT2D eigenvalue weighted by atomic mass is 10.2. The van der Waals surface area contributed by atoms with Crippen molar-refractivity contribution in [1.82, 2.24) is 15.6 Å². The van der Waals surface area contributed by atoms with E-state index in [2.05, 4.69) is 40.9 Å². The molecule has 1 aliphatic carbocycles. The molecule has 3 rings (SSSR count). The van der Waals surface area contributed by atoms with Gasteiger partial charge in [0, 0.05) is 29.6 Å². The van der Waals surface area contributed by atoms with Crippen molar-refractivity contribution in [3.8, 4) is 5.88 Å². The SMILES string of the molecule is CCNC(=NCc1cccnc1OCc1ccccc1)NC1CCC(SC)C1.I. The third kappa shape index (κ3) is 7.70. The summed E-state index contributed by atoms with van der Waals surface area (Å²) in [6.45, 7) is 3.97. The molecule has 0 aliphatic heterocycles. The molecule has 5 nitrogen and oxygen atoms in total. The molecule has 1 aromatic carbocycles. The van der Waals surface area contributed by atoms with Gasteiger partial charge in [0.2, 0.25) is 5.88 Å². The molecule has 0 bridgehead atoms. The standard InChI is InChI=1S/C22H30N4OS.HI/c1-3-23-22(26-19-11-12-20(14-19)28-2)25-15-18-10-7-13-24-21(18)27-16-17-8-5-4-6-9-17;/h4-10,13,19-20H,3,11-12,14-16H2,1-2H3,(H2,23,25,26);1H. The van der Waals surface area contributed by atoms with Crippen molar-refractivity contribution >= 4 is 41.7 Å². The Morgan fingerprint density at radius 3 is 2.76 bits per heavy atom. The Hall–Kier alpha value is -1.48. The number of pyridine rings is 1. The second-order valence-electron chi connectivity index (χ2n) is 6.95. The van der Waals surface area contributed by atoms with Crippen LogP contribution in [0.15, 0.2) is 53.7 Å². The smallest absolute Gasteiger partial charge is 0.218 e. The molecule has 1 fully saturated rings. The van der Waals surface area contributed by atoms with Gasteiger partial charge in [0.25, 0.3) is 0 Å². The molecule has 2 aromatic rings. The maximum absolute atomic E-state index is 5.95. The van der Waals surface area contributed by atoms with Crippen LogP contribution in [-0.2, 0) is 13.2 Å². The van der Waals surface area contributed by atoms with Crippen molar-refractivity contribution in [2.45, 2.75) is 50.6 Å². The molecular formula is C22H31IN4OS. The highest BCUT2D eigenvalue weighted by atomic mass is 127. The number of nitrogens with zero attached hydrogens (tertiary/aromatic N) is 2. The highest BCUT2D eigenvalue weighted by Crippen LogP contribution is 2.28. The predicted molar refractivity (Wildman–Crippen MR) is 133 cm³/mol. The lowest BCUT2D eigenvalue weighted by Crippen LogP contribution is -2.42. The number of hydrogen-bond acceptors (Lipinski definition) is 4. The minimum atomic E-state index is 0. The van der Waals surface area contributed by atoms with Gasteiger partial charge in [-0.3, -0.25) is 0 Å². The zero-order valence-corrected chi connectivity index (χ0v) is 20.3. The van der Waals surface area contributed by atoms with E-state index in [1.807, 2.05) is 42.1 Å². The number of aromatic nitrogens is 1. The minimum absolute atomic E-state index is 0. The average molecular weight is 526 g/mol. The summed E-state index contributed by atoms with van der Waals surface area (Å²) in [6.07, 6.45) is 7.64. The Balaban J connectivity index is 0.00000300. The van der Waals surface area contributed by atoms with Gasteiger partial charge in [-0.05, 0) is 44.1 Å². The summed E-state index contributed by atoms with van der Waals surface area (Å²) in [4.78, 5) is 9.19. The van der Waals surface area contributed by atoms with Crippen LogP contribution < -0.4 is 15.4 Å². The third-order valence-corrected chi connectivity index (χ3v) is 5.97. The number of aliphatic imine (C=N–C) groups is 1. The molecular weight excluding hydrogens is 495 g/mol. The van der Waals surface area contributed by atoms with Gasteiger partial charge in [0.05, 0.1) is 6.54 Å². The zero-order chi connectivity index (χ0) is 19.6. The van der Waals surface area contributed by atoms with Gasteiger partial charge in [-0.15, -0.1) is 24.0 Å². The quantitative estimate of drug-likeness (QED) is 0.299. The molecule has 2 N–H and O–H groups in total. The van der Waals surface area contributed by atoms with Crippen molar-refractivity contribution in [2.24, 2.45) is 4.99 Å². The van der Waals surface area contributed by atoms with Gasteiger partial charge < -0.3 is 15.4 Å². The molecule has 2 atom stereocenters. The molecule has 1 aromatic heterocycles. The highest BCUT2D eigenvalue weighted by molar-refractivity contribution is 14.0. The summed E-state index contributed by atoms with van der Waals surface area (Å²) >= 11 is 1.97. The van der Waals surface area contributed by atoms with Crippen molar-refractivity contribution < 1.29 is 4.74 Å². The Bertz CT molecular complexity index is 759. The maximum Gasteiger partial charge on any atom is 0.218 e. The van der Waals surface area contributed by atoms with E-state index in [0.29, 0.717) is 25.1 Å². The first-order chi connectivity index (χ1) is 13.8. The van der Waals surface area contributed by atoms with Gasteiger partial charge >= 0.3 is 0 Å². The molecule has 2 unspecified atom stereocenters. The fourth-order valence-corrected chi connectivity index (χ4v) is 4.16. The fourth-order valence-electron chi connectivity index (χ4n) is 3.36. The Morgan fingerprint density at radius 2 is 2.03 bits per heavy atom. The molecule has 7 heteroatoms. The number of thioether (sulfide) groups is 1. The first kappa shape index (κ1) is 23.8. The van der Waals surface area contributed by atoms with Crippen LogP contribution in [0.3, 0.4) is 0 Å². The van der Waals surface area contributed by atoms with E-state index in [4.69, 9.17) is 9.73 Å². The summed E-state index contributed by atoms with van der Waals surface area (Å²) < 4.78 is 5.95. The maximum atomic E-state index is 5.95. The normalized spacial score (nSPS) is 18.8. The van der Waals surface area contributed by atoms with E-state index in [-0.39, 0.29) is 24.0 Å². The van der Waals surface area contributed by atoms with Crippen molar-refractivity contribution in [3.63, 3.8) is 0 Å². The Labute approximate surface area is 195 Å². The second kappa shape index (κ2) is 13.0. The summed E-state index contributed by atoms with van der Waals surface area (Å²) in [5.41, 5.74) is 2.12. The molecule has 0 spiro atoms. The number of ether oxygens (including phenoxy) is 1. The number of benzene rings is 1. The van der Waals surface area contributed by atoms with Crippen LogP contribution in [0.2, 0.25) is 0 Å². The topological polar surface area (TPSA) is 58.5 Å². The lowest BCUT2D eigenvalue weighted by Gasteiger charge is -2.17. The third-order valence-electron chi connectivity index (χ3n) is 4.88. The fraction of sp³-hybridized carbons (Fsp3) is 0.455. The van der Waals surface area contributed by atoms with Crippen molar-refractivity contribution in [3.05, 3.63) is 59.8 Å². The summed E-state index contributed by atoms with van der Waals surface area (Å²) in [7, 11) is 0. The van der Waals surface area contributed by atoms with Crippen LogP contribution in [0.25, 0.3) is 0 Å². The van der Waals surface area contributed by atoms with Crippen LogP contribution in [0, 0.1) is 0 Å². The van der Waals surface area contributed by atoms with E-state index in [1.54, 1.807) is 6.20 Å². The molecule has 158 valence electrons. The number of nitrogens with one attached hydrogen (secondary N) is 2. The van der Waals surface area contributed by atoms with Gasteiger partial charge in [0.1, 0.15) is 6.61 Å². The number of guanidine groups is 1. The van der Waals surface area contributed by atoms with Crippen LogP contribution in [0.4, 0.5) is 0 Å². The first-order valence-electron chi connectivity index (χ1n) is 9.96. The molecule has 29 heavy (non-hydrogen) atoms. The van der Waals surface area contributed by atoms with Crippen LogP contribution in [-0.4, -0.2) is 35.0 Å². The van der Waals surface area contributed by atoms with Gasteiger partial charge in [-0.1, -0.05) is 36.4 Å². The Morgan fingerprint density at radius 1 is 1.21 bits per heavy atom. The molecule has 0 radical (unpaired) electrons. The van der Waals surface area contributed by atoms with E-state index < -0.39 is 0 Å². The van der Waals surface area contributed by atoms with E-state index >= 15 is 0 Å². The average Bonchev–Trinajstić information content (AvgIpc) is 3.19. The van der Waals surface area contributed by atoms with Gasteiger partial charge in [-0.2, -0.15) is 11.8 Å². The van der Waals surface area contributed by atoms with Crippen molar-refractivity contribution in [2.75, 3.05) is 12.8 Å². The summed E-state index contributed by atoms with van der Waals surface area (Å²) in [6, 6.07) is 14.6. The highest BCUT2D eigenvalue weighted by Gasteiger charge is 2.24. The minimum Gasteiger partial charge on any atom is -0.473 e. The second-order valence-corrected chi connectivity index (χ2v) is 8.09. The predicted octanol–water partition coefficient (Wildman–Crippen LogP) is 4.62. The van der Waals surface area contributed by atoms with Crippen molar-refractivity contribution in [1.29, 1.82) is 0 Å². The van der Waals surface area contributed by atoms with E-state index in [1.165, 1.54) is 19.3 Å². The van der Waals surface area contributed by atoms with Crippen LogP contribution in [0.5, 0.6) is 5.88 Å². The molecule has 0 amide bonds. The first-order valence-corrected chi connectivity index (χ1v) is 11.3. The lowest BCUT2D eigenvalue weighted by molar-refractivity contribution is 0.290.